The van der Waals surface area contributed by atoms with Crippen LogP contribution in [0.4, 0.5) is 0 Å². The first kappa shape index (κ1) is 22.6. The molecule has 164 valence electrons. The second-order valence-corrected chi connectivity index (χ2v) is 7.75. The molecular weight excluding hydrogens is 394 g/mol. The molecule has 1 aromatic heterocycles. The fourth-order valence-electron chi connectivity index (χ4n) is 3.66. The van der Waals surface area contributed by atoms with E-state index in [1.807, 2.05) is 50.2 Å². The number of amides is 1. The summed E-state index contributed by atoms with van der Waals surface area (Å²) in [6.45, 7) is 3.95. The molecular formula is C25H29NO5. The Bertz CT molecular complexity index is 1090. The van der Waals surface area contributed by atoms with Gasteiger partial charge in [-0.2, -0.15) is 0 Å². The predicted molar refractivity (Wildman–Crippen MR) is 121 cm³/mol. The van der Waals surface area contributed by atoms with Crippen molar-refractivity contribution < 1.29 is 19.1 Å². The molecule has 0 saturated heterocycles. The molecule has 31 heavy (non-hydrogen) atoms. The van der Waals surface area contributed by atoms with E-state index in [9.17, 15) is 14.7 Å². The highest BCUT2D eigenvalue weighted by molar-refractivity contribution is 5.94. The molecule has 6 nitrogen and oxygen atoms in total. The van der Waals surface area contributed by atoms with E-state index >= 15 is 0 Å². The van der Waals surface area contributed by atoms with Gasteiger partial charge in [-0.1, -0.05) is 50.6 Å². The second kappa shape index (κ2) is 10.3. The lowest BCUT2D eigenvalue weighted by molar-refractivity contribution is -0.122. The van der Waals surface area contributed by atoms with E-state index in [1.54, 1.807) is 13.2 Å². The first-order valence-electron chi connectivity index (χ1n) is 10.6. The number of hydrogen-bond acceptors (Lipinski definition) is 5. The van der Waals surface area contributed by atoms with E-state index < -0.39 is 5.63 Å². The first-order chi connectivity index (χ1) is 15.0. The lowest BCUT2D eigenvalue weighted by Gasteiger charge is -2.22. The zero-order valence-corrected chi connectivity index (χ0v) is 18.2. The molecule has 6 heteroatoms. The van der Waals surface area contributed by atoms with Crippen molar-refractivity contribution in [3.05, 3.63) is 64.5 Å². The van der Waals surface area contributed by atoms with Crippen LogP contribution in [0.15, 0.2) is 57.7 Å². The maximum Gasteiger partial charge on any atom is 0.336 e. The Morgan fingerprint density at radius 3 is 2.58 bits per heavy atom. The topological polar surface area (TPSA) is 88.8 Å². The van der Waals surface area contributed by atoms with Gasteiger partial charge in [0.2, 0.25) is 5.91 Å². The van der Waals surface area contributed by atoms with Crippen LogP contribution in [0.1, 0.15) is 32.3 Å². The molecule has 2 unspecified atom stereocenters. The average Bonchev–Trinajstić information content (AvgIpc) is 2.80. The number of carbonyl (C=O) groups is 1. The van der Waals surface area contributed by atoms with Gasteiger partial charge in [0.05, 0.1) is 19.8 Å². The van der Waals surface area contributed by atoms with E-state index in [-0.39, 0.29) is 30.9 Å². The summed E-state index contributed by atoms with van der Waals surface area (Å²) in [4.78, 5) is 24.6. The minimum Gasteiger partial charge on any atom is -0.496 e. The Balaban J connectivity index is 1.91. The van der Waals surface area contributed by atoms with E-state index in [2.05, 4.69) is 5.32 Å². The van der Waals surface area contributed by atoms with Gasteiger partial charge in [-0.25, -0.2) is 4.79 Å². The third-order valence-corrected chi connectivity index (χ3v) is 5.73. The van der Waals surface area contributed by atoms with Crippen LogP contribution in [-0.4, -0.2) is 30.8 Å². The molecule has 0 aliphatic rings. The van der Waals surface area contributed by atoms with Crippen molar-refractivity contribution in [1.29, 1.82) is 0 Å². The number of fused-ring (bicyclic) bond motifs is 1. The van der Waals surface area contributed by atoms with E-state index in [0.717, 1.165) is 28.5 Å². The number of aliphatic hydroxyl groups excluding tert-OH is 1. The lowest BCUT2D eigenvalue weighted by Crippen LogP contribution is -2.41. The van der Waals surface area contributed by atoms with Crippen LogP contribution >= 0.6 is 0 Å². The number of aryl methyl sites for hydroxylation is 1. The van der Waals surface area contributed by atoms with Gasteiger partial charge in [-0.3, -0.25) is 4.79 Å². The monoisotopic (exact) mass is 423 g/mol. The highest BCUT2D eigenvalue weighted by atomic mass is 16.5. The standard InChI is InChI=1S/C25H29NO5/c1-4-16(2)21(15-27)26-24(28)11-10-18-12-20-19(17-8-6-5-7-9-17)13-25(29)31-23(20)14-22(18)30-3/h5-9,12-14,16,21,27H,4,10-11,15H2,1-3H3,(H,26,28). The Hall–Kier alpha value is -3.12. The Labute approximate surface area is 181 Å². The molecule has 0 aliphatic carbocycles. The van der Waals surface area contributed by atoms with Crippen molar-refractivity contribution in [2.24, 2.45) is 5.92 Å². The van der Waals surface area contributed by atoms with Crippen LogP contribution in [-0.2, 0) is 11.2 Å². The van der Waals surface area contributed by atoms with Gasteiger partial charge in [0, 0.05) is 23.9 Å². The Morgan fingerprint density at radius 1 is 1.19 bits per heavy atom. The van der Waals surface area contributed by atoms with Crippen molar-refractivity contribution >= 4 is 16.9 Å². The van der Waals surface area contributed by atoms with Gasteiger partial charge in [0.25, 0.3) is 0 Å². The predicted octanol–water partition coefficient (Wildman–Crippen LogP) is 3.92. The van der Waals surface area contributed by atoms with Gasteiger partial charge in [-0.15, -0.1) is 0 Å². The van der Waals surface area contributed by atoms with Crippen molar-refractivity contribution in [1.82, 2.24) is 5.32 Å². The van der Waals surface area contributed by atoms with E-state index in [4.69, 9.17) is 9.15 Å². The van der Waals surface area contributed by atoms with Crippen LogP contribution in [0, 0.1) is 5.92 Å². The highest BCUT2D eigenvalue weighted by Crippen LogP contribution is 2.32. The fourth-order valence-corrected chi connectivity index (χ4v) is 3.66. The van der Waals surface area contributed by atoms with Gasteiger partial charge in [0.15, 0.2) is 0 Å². The summed E-state index contributed by atoms with van der Waals surface area (Å²) in [6, 6.07) is 14.5. The van der Waals surface area contributed by atoms with Crippen molar-refractivity contribution in [3.8, 4) is 16.9 Å². The minimum atomic E-state index is -0.430. The normalized spacial score (nSPS) is 13.0. The smallest absolute Gasteiger partial charge is 0.336 e. The number of nitrogens with one attached hydrogen (secondary N) is 1. The summed E-state index contributed by atoms with van der Waals surface area (Å²) >= 11 is 0. The molecule has 0 saturated carbocycles. The summed E-state index contributed by atoms with van der Waals surface area (Å²) in [7, 11) is 1.55. The highest BCUT2D eigenvalue weighted by Gasteiger charge is 2.18. The van der Waals surface area contributed by atoms with E-state index in [0.29, 0.717) is 17.8 Å². The molecule has 0 aliphatic heterocycles. The molecule has 0 radical (unpaired) electrons. The number of carbonyl (C=O) groups excluding carboxylic acids is 1. The summed E-state index contributed by atoms with van der Waals surface area (Å²) in [5.41, 5.74) is 2.54. The number of rotatable bonds is 9. The molecule has 0 bridgehead atoms. The molecule has 2 aromatic carbocycles. The number of hydrogen-bond donors (Lipinski definition) is 2. The fraction of sp³-hybridized carbons (Fsp3) is 0.360. The van der Waals surface area contributed by atoms with Crippen LogP contribution in [0.5, 0.6) is 5.75 Å². The van der Waals surface area contributed by atoms with Gasteiger partial charge < -0.3 is 19.6 Å². The first-order valence-corrected chi connectivity index (χ1v) is 10.6. The molecule has 2 N–H and O–H groups in total. The lowest BCUT2D eigenvalue weighted by atomic mass is 9.98. The third kappa shape index (κ3) is 5.33. The average molecular weight is 424 g/mol. The molecule has 3 rings (SSSR count). The van der Waals surface area contributed by atoms with Crippen LogP contribution < -0.4 is 15.7 Å². The maximum absolute atomic E-state index is 12.5. The number of ether oxygens (including phenoxy) is 1. The van der Waals surface area contributed by atoms with Gasteiger partial charge in [0.1, 0.15) is 11.3 Å². The zero-order valence-electron chi connectivity index (χ0n) is 18.2. The van der Waals surface area contributed by atoms with Crippen molar-refractivity contribution in [2.75, 3.05) is 13.7 Å². The summed E-state index contributed by atoms with van der Waals surface area (Å²) in [6.07, 6.45) is 1.58. The van der Waals surface area contributed by atoms with Crippen LogP contribution in [0.2, 0.25) is 0 Å². The molecule has 1 amide bonds. The zero-order chi connectivity index (χ0) is 22.4. The SMILES string of the molecule is CCC(C)C(CO)NC(=O)CCc1cc2c(-c3ccccc3)cc(=O)oc2cc1OC. The van der Waals surface area contributed by atoms with Gasteiger partial charge in [-0.05, 0) is 35.1 Å². The van der Waals surface area contributed by atoms with E-state index in [1.165, 1.54) is 6.07 Å². The Morgan fingerprint density at radius 2 is 1.94 bits per heavy atom. The largest absolute Gasteiger partial charge is 0.496 e. The minimum absolute atomic E-state index is 0.0838. The number of aliphatic hydroxyl groups is 1. The van der Waals surface area contributed by atoms with Crippen LogP contribution in [0.3, 0.4) is 0 Å². The molecule has 3 aromatic rings. The number of benzene rings is 2. The quantitative estimate of drug-likeness (QED) is 0.509. The summed E-state index contributed by atoms with van der Waals surface area (Å²) in [5, 5.41) is 13.3. The second-order valence-electron chi connectivity index (χ2n) is 7.75. The van der Waals surface area contributed by atoms with Crippen LogP contribution in [0.25, 0.3) is 22.1 Å². The molecule has 2 atom stereocenters. The number of methoxy groups -OCH3 is 1. The summed E-state index contributed by atoms with van der Waals surface area (Å²) < 4.78 is 10.9. The van der Waals surface area contributed by atoms with Gasteiger partial charge >= 0.3 is 5.63 Å². The molecule has 0 fully saturated rings. The molecule has 1 heterocycles. The Kier molecular flexibility index (Phi) is 7.47. The van der Waals surface area contributed by atoms with Crippen molar-refractivity contribution in [2.45, 2.75) is 39.2 Å². The third-order valence-electron chi connectivity index (χ3n) is 5.73. The molecule has 0 spiro atoms. The maximum atomic E-state index is 12.5. The summed E-state index contributed by atoms with van der Waals surface area (Å²) in [5.74, 6) is 0.638. The van der Waals surface area contributed by atoms with Crippen molar-refractivity contribution in [3.63, 3.8) is 0 Å².